The van der Waals surface area contributed by atoms with Crippen LogP contribution in [0.3, 0.4) is 0 Å². The lowest BCUT2D eigenvalue weighted by molar-refractivity contribution is 0.0696. The molecule has 2 N–H and O–H groups in total. The molecule has 1 aromatic heterocycles. The standard InChI is InChI=1S/C15H16N2O3/c1-20-14-6-5-12(10-17-14)9-16-8-11-3-2-4-13(7-11)15(18)19/h2-7,10,16H,8-9H2,1H3,(H,18,19). The maximum Gasteiger partial charge on any atom is 0.335 e. The van der Waals surface area contributed by atoms with E-state index in [0.29, 0.717) is 24.5 Å². The summed E-state index contributed by atoms with van der Waals surface area (Å²) in [5.41, 5.74) is 2.28. The fourth-order valence-corrected chi connectivity index (χ4v) is 1.80. The third-order valence-corrected chi connectivity index (χ3v) is 2.84. The van der Waals surface area contributed by atoms with E-state index in [1.807, 2.05) is 18.2 Å². The van der Waals surface area contributed by atoms with Crippen molar-refractivity contribution in [2.24, 2.45) is 0 Å². The Labute approximate surface area is 117 Å². The minimum atomic E-state index is -0.911. The lowest BCUT2D eigenvalue weighted by atomic mass is 10.1. The highest BCUT2D eigenvalue weighted by atomic mass is 16.5. The molecule has 0 spiro atoms. The molecule has 104 valence electrons. The van der Waals surface area contributed by atoms with Crippen molar-refractivity contribution < 1.29 is 14.6 Å². The number of carboxylic acid groups (broad SMARTS) is 1. The summed E-state index contributed by atoms with van der Waals surface area (Å²) in [6.07, 6.45) is 1.75. The maximum atomic E-state index is 10.9. The van der Waals surface area contributed by atoms with Crippen LogP contribution in [-0.2, 0) is 13.1 Å². The SMILES string of the molecule is COc1ccc(CNCc2cccc(C(=O)O)c2)cn1. The van der Waals surface area contributed by atoms with Gasteiger partial charge in [0.25, 0.3) is 0 Å². The van der Waals surface area contributed by atoms with Crippen LogP contribution in [0.1, 0.15) is 21.5 Å². The number of methoxy groups -OCH3 is 1. The Morgan fingerprint density at radius 1 is 1.25 bits per heavy atom. The van der Waals surface area contributed by atoms with Gasteiger partial charge in [-0.15, -0.1) is 0 Å². The van der Waals surface area contributed by atoms with Gasteiger partial charge in [0.15, 0.2) is 0 Å². The Kier molecular flexibility index (Phi) is 4.68. The first-order chi connectivity index (χ1) is 9.69. The molecule has 0 bridgehead atoms. The molecule has 5 nitrogen and oxygen atoms in total. The predicted octanol–water partition coefficient (Wildman–Crippen LogP) is 2.08. The van der Waals surface area contributed by atoms with Gasteiger partial charge < -0.3 is 15.2 Å². The van der Waals surface area contributed by atoms with E-state index in [2.05, 4.69) is 10.3 Å². The van der Waals surface area contributed by atoms with Gasteiger partial charge in [-0.25, -0.2) is 9.78 Å². The van der Waals surface area contributed by atoms with Crippen molar-refractivity contribution >= 4 is 5.97 Å². The van der Waals surface area contributed by atoms with E-state index in [9.17, 15) is 4.79 Å². The maximum absolute atomic E-state index is 10.9. The van der Waals surface area contributed by atoms with Gasteiger partial charge in [0.1, 0.15) is 0 Å². The second-order valence-corrected chi connectivity index (χ2v) is 4.32. The molecule has 0 aliphatic heterocycles. The molecule has 2 rings (SSSR count). The molecule has 5 heteroatoms. The number of carbonyl (C=O) groups is 1. The van der Waals surface area contributed by atoms with E-state index in [-0.39, 0.29) is 0 Å². The normalized spacial score (nSPS) is 10.2. The molecule has 0 atom stereocenters. The molecule has 2 aromatic rings. The molecule has 1 heterocycles. The highest BCUT2D eigenvalue weighted by Gasteiger charge is 2.03. The van der Waals surface area contributed by atoms with Gasteiger partial charge in [0.2, 0.25) is 5.88 Å². The first-order valence-electron chi connectivity index (χ1n) is 6.21. The Morgan fingerprint density at radius 3 is 2.70 bits per heavy atom. The predicted molar refractivity (Wildman–Crippen MR) is 74.7 cm³/mol. The molecular formula is C15H16N2O3. The molecule has 0 radical (unpaired) electrons. The molecule has 20 heavy (non-hydrogen) atoms. The van der Waals surface area contributed by atoms with E-state index in [0.717, 1.165) is 11.1 Å². The number of nitrogens with zero attached hydrogens (tertiary/aromatic N) is 1. The van der Waals surface area contributed by atoms with Gasteiger partial charge in [-0.3, -0.25) is 0 Å². The van der Waals surface area contributed by atoms with Crippen molar-refractivity contribution in [1.29, 1.82) is 0 Å². The zero-order valence-corrected chi connectivity index (χ0v) is 11.2. The molecule has 0 saturated carbocycles. The summed E-state index contributed by atoms with van der Waals surface area (Å²) in [6.45, 7) is 1.27. The van der Waals surface area contributed by atoms with Crippen LogP contribution in [-0.4, -0.2) is 23.2 Å². The summed E-state index contributed by atoms with van der Waals surface area (Å²) in [5.74, 6) is -0.325. The zero-order valence-electron chi connectivity index (χ0n) is 11.2. The van der Waals surface area contributed by atoms with Gasteiger partial charge in [-0.2, -0.15) is 0 Å². The molecule has 0 fully saturated rings. The zero-order chi connectivity index (χ0) is 14.4. The molecule has 1 aromatic carbocycles. The van der Waals surface area contributed by atoms with E-state index in [1.165, 1.54) is 0 Å². The first-order valence-corrected chi connectivity index (χ1v) is 6.21. The number of rotatable bonds is 6. The highest BCUT2D eigenvalue weighted by Crippen LogP contribution is 2.08. The lowest BCUT2D eigenvalue weighted by Gasteiger charge is -2.06. The van der Waals surface area contributed by atoms with Crippen LogP contribution in [0.15, 0.2) is 42.6 Å². The lowest BCUT2D eigenvalue weighted by Crippen LogP contribution is -2.13. The monoisotopic (exact) mass is 272 g/mol. The summed E-state index contributed by atoms with van der Waals surface area (Å²) >= 11 is 0. The Bertz CT molecular complexity index is 582. The number of benzene rings is 1. The number of hydrogen-bond donors (Lipinski definition) is 2. The number of aromatic nitrogens is 1. The Morgan fingerprint density at radius 2 is 2.05 bits per heavy atom. The van der Waals surface area contributed by atoms with Crippen LogP contribution in [0.2, 0.25) is 0 Å². The van der Waals surface area contributed by atoms with Crippen LogP contribution in [0, 0.1) is 0 Å². The molecule has 0 aliphatic carbocycles. The third kappa shape index (κ3) is 3.80. The van der Waals surface area contributed by atoms with Crippen LogP contribution < -0.4 is 10.1 Å². The Hall–Kier alpha value is -2.40. The van der Waals surface area contributed by atoms with Gasteiger partial charge >= 0.3 is 5.97 Å². The topological polar surface area (TPSA) is 71.5 Å². The largest absolute Gasteiger partial charge is 0.481 e. The van der Waals surface area contributed by atoms with Crippen molar-refractivity contribution in [2.45, 2.75) is 13.1 Å². The van der Waals surface area contributed by atoms with Crippen molar-refractivity contribution in [2.75, 3.05) is 7.11 Å². The van der Waals surface area contributed by atoms with Gasteiger partial charge in [0.05, 0.1) is 12.7 Å². The van der Waals surface area contributed by atoms with Crippen LogP contribution in [0.4, 0.5) is 0 Å². The summed E-state index contributed by atoms with van der Waals surface area (Å²) in [5, 5.41) is 12.2. The highest BCUT2D eigenvalue weighted by molar-refractivity contribution is 5.87. The van der Waals surface area contributed by atoms with Crippen LogP contribution in [0.25, 0.3) is 0 Å². The van der Waals surface area contributed by atoms with Crippen molar-refractivity contribution in [3.05, 3.63) is 59.3 Å². The van der Waals surface area contributed by atoms with Crippen LogP contribution in [0.5, 0.6) is 5.88 Å². The van der Waals surface area contributed by atoms with Crippen molar-refractivity contribution in [3.8, 4) is 5.88 Å². The summed E-state index contributed by atoms with van der Waals surface area (Å²) < 4.78 is 4.99. The first kappa shape index (κ1) is 14.0. The minimum Gasteiger partial charge on any atom is -0.481 e. The quantitative estimate of drug-likeness (QED) is 0.842. The van der Waals surface area contributed by atoms with E-state index in [4.69, 9.17) is 9.84 Å². The van der Waals surface area contributed by atoms with Gasteiger partial charge in [-0.1, -0.05) is 18.2 Å². The summed E-state index contributed by atoms with van der Waals surface area (Å²) in [4.78, 5) is 15.0. The Balaban J connectivity index is 1.88. The number of carboxylic acids is 1. The number of nitrogens with one attached hydrogen (secondary N) is 1. The molecule has 0 unspecified atom stereocenters. The van der Waals surface area contributed by atoms with E-state index < -0.39 is 5.97 Å². The van der Waals surface area contributed by atoms with Gasteiger partial charge in [-0.05, 0) is 23.3 Å². The number of pyridine rings is 1. The minimum absolute atomic E-state index is 0.301. The fourth-order valence-electron chi connectivity index (χ4n) is 1.80. The number of hydrogen-bond acceptors (Lipinski definition) is 4. The van der Waals surface area contributed by atoms with E-state index in [1.54, 1.807) is 31.5 Å². The smallest absolute Gasteiger partial charge is 0.335 e. The van der Waals surface area contributed by atoms with E-state index >= 15 is 0 Å². The fraction of sp³-hybridized carbons (Fsp3) is 0.200. The van der Waals surface area contributed by atoms with Crippen molar-refractivity contribution in [3.63, 3.8) is 0 Å². The molecular weight excluding hydrogens is 256 g/mol. The van der Waals surface area contributed by atoms with Crippen molar-refractivity contribution in [1.82, 2.24) is 10.3 Å². The number of ether oxygens (including phenoxy) is 1. The second-order valence-electron chi connectivity index (χ2n) is 4.32. The molecule has 0 saturated heterocycles. The summed E-state index contributed by atoms with van der Waals surface area (Å²) in [7, 11) is 1.58. The summed E-state index contributed by atoms with van der Waals surface area (Å²) in [6, 6.07) is 10.6. The second kappa shape index (κ2) is 6.68. The van der Waals surface area contributed by atoms with Gasteiger partial charge in [0, 0.05) is 25.4 Å². The number of aromatic carboxylic acids is 1. The average Bonchev–Trinajstić information content (AvgIpc) is 2.48. The average molecular weight is 272 g/mol. The van der Waals surface area contributed by atoms with Crippen LogP contribution >= 0.6 is 0 Å². The molecule has 0 aliphatic rings. The molecule has 0 amide bonds. The third-order valence-electron chi connectivity index (χ3n) is 2.84.